The lowest BCUT2D eigenvalue weighted by atomic mass is 10.1. The molecule has 1 aromatic carbocycles. The van der Waals surface area contributed by atoms with Gasteiger partial charge in [0.2, 0.25) is 0 Å². The summed E-state index contributed by atoms with van der Waals surface area (Å²) in [5, 5.41) is 3.04. The summed E-state index contributed by atoms with van der Waals surface area (Å²) in [5.74, 6) is 5.32. The molecule has 0 aliphatic heterocycles. The highest BCUT2D eigenvalue weighted by atomic mass is 16.1. The van der Waals surface area contributed by atoms with Crippen molar-refractivity contribution in [2.75, 3.05) is 25.1 Å². The number of hydrazine groups is 1. The third kappa shape index (κ3) is 4.51. The Morgan fingerprint density at radius 1 is 1.35 bits per heavy atom. The first-order valence-electron chi connectivity index (χ1n) is 7.12. The van der Waals surface area contributed by atoms with Gasteiger partial charge in [-0.05, 0) is 50.7 Å². The van der Waals surface area contributed by atoms with E-state index in [1.54, 1.807) is 12.1 Å². The molecule has 5 nitrogen and oxygen atoms in total. The Morgan fingerprint density at radius 2 is 2.00 bits per heavy atom. The molecule has 1 amide bonds. The van der Waals surface area contributed by atoms with Crippen molar-refractivity contribution in [2.24, 2.45) is 5.84 Å². The standard InChI is InChI=1S/C15H26N4O/c1-5-19(6-2)10-12(4)17-15(20)14-8-7-13(18-16)9-11(14)3/h7-9,12,18H,5-6,10,16H2,1-4H3,(H,17,20). The number of likely N-dealkylation sites (N-methyl/N-ethyl adjacent to an activating group) is 1. The van der Waals surface area contributed by atoms with Gasteiger partial charge in [0.15, 0.2) is 0 Å². The van der Waals surface area contributed by atoms with Crippen LogP contribution in [0.3, 0.4) is 0 Å². The number of benzene rings is 1. The Kier molecular flexibility index (Phi) is 6.48. The Morgan fingerprint density at radius 3 is 2.50 bits per heavy atom. The van der Waals surface area contributed by atoms with E-state index in [-0.39, 0.29) is 11.9 Å². The van der Waals surface area contributed by atoms with Crippen molar-refractivity contribution < 1.29 is 4.79 Å². The number of nitrogens with zero attached hydrogens (tertiary/aromatic N) is 1. The molecule has 0 saturated carbocycles. The number of nitrogen functional groups attached to an aromatic ring is 1. The molecule has 4 N–H and O–H groups in total. The quantitative estimate of drug-likeness (QED) is 0.525. The topological polar surface area (TPSA) is 70.4 Å². The fraction of sp³-hybridized carbons (Fsp3) is 0.533. The van der Waals surface area contributed by atoms with E-state index in [1.807, 2.05) is 19.9 Å². The molecular weight excluding hydrogens is 252 g/mol. The molecule has 0 aliphatic carbocycles. The van der Waals surface area contributed by atoms with Crippen LogP contribution in [0.4, 0.5) is 5.69 Å². The summed E-state index contributed by atoms with van der Waals surface area (Å²) >= 11 is 0. The highest BCUT2D eigenvalue weighted by molar-refractivity contribution is 5.96. The Hall–Kier alpha value is -1.59. The first-order valence-corrected chi connectivity index (χ1v) is 7.12. The highest BCUT2D eigenvalue weighted by Crippen LogP contribution is 2.14. The number of hydrogen-bond acceptors (Lipinski definition) is 4. The van der Waals surface area contributed by atoms with Gasteiger partial charge in [0.25, 0.3) is 5.91 Å². The van der Waals surface area contributed by atoms with E-state index in [0.29, 0.717) is 5.56 Å². The van der Waals surface area contributed by atoms with Crippen LogP contribution < -0.4 is 16.6 Å². The van der Waals surface area contributed by atoms with E-state index in [4.69, 9.17) is 5.84 Å². The molecule has 1 aromatic rings. The maximum Gasteiger partial charge on any atom is 0.251 e. The largest absolute Gasteiger partial charge is 0.348 e. The van der Waals surface area contributed by atoms with Crippen molar-refractivity contribution in [1.82, 2.24) is 10.2 Å². The van der Waals surface area contributed by atoms with E-state index in [1.165, 1.54) is 0 Å². The van der Waals surface area contributed by atoms with Crippen molar-refractivity contribution in [3.8, 4) is 0 Å². The van der Waals surface area contributed by atoms with Crippen LogP contribution in [0.15, 0.2) is 18.2 Å². The zero-order valence-electron chi connectivity index (χ0n) is 12.9. The van der Waals surface area contributed by atoms with E-state index in [9.17, 15) is 4.79 Å². The van der Waals surface area contributed by atoms with Crippen molar-refractivity contribution >= 4 is 11.6 Å². The summed E-state index contributed by atoms with van der Waals surface area (Å²) in [6, 6.07) is 5.58. The Bertz CT molecular complexity index is 443. The number of nitrogens with two attached hydrogens (primary N) is 1. The monoisotopic (exact) mass is 278 g/mol. The van der Waals surface area contributed by atoms with Crippen molar-refractivity contribution in [1.29, 1.82) is 0 Å². The minimum Gasteiger partial charge on any atom is -0.348 e. The van der Waals surface area contributed by atoms with Crippen LogP contribution in [-0.2, 0) is 0 Å². The van der Waals surface area contributed by atoms with Gasteiger partial charge in [-0.3, -0.25) is 10.6 Å². The molecule has 0 bridgehead atoms. The predicted octanol–water partition coefficient (Wildman–Crippen LogP) is 1.74. The second kappa shape index (κ2) is 7.87. The van der Waals surface area contributed by atoms with Gasteiger partial charge in [0.1, 0.15) is 0 Å². The van der Waals surface area contributed by atoms with E-state index in [0.717, 1.165) is 30.9 Å². The zero-order chi connectivity index (χ0) is 15.1. The van der Waals surface area contributed by atoms with E-state index >= 15 is 0 Å². The van der Waals surface area contributed by atoms with Gasteiger partial charge in [-0.15, -0.1) is 0 Å². The maximum atomic E-state index is 12.3. The number of rotatable bonds is 7. The van der Waals surface area contributed by atoms with Gasteiger partial charge in [-0.25, -0.2) is 0 Å². The lowest BCUT2D eigenvalue weighted by Crippen LogP contribution is -2.42. The summed E-state index contributed by atoms with van der Waals surface area (Å²) in [4.78, 5) is 14.5. The van der Waals surface area contributed by atoms with E-state index < -0.39 is 0 Å². The number of hydrogen-bond donors (Lipinski definition) is 3. The summed E-state index contributed by atoms with van der Waals surface area (Å²) in [6.45, 7) is 11.0. The molecule has 112 valence electrons. The summed E-state index contributed by atoms with van der Waals surface area (Å²) in [7, 11) is 0. The van der Waals surface area contributed by atoms with Gasteiger partial charge >= 0.3 is 0 Å². The molecule has 0 aromatic heterocycles. The molecule has 0 aliphatic rings. The van der Waals surface area contributed by atoms with Gasteiger partial charge < -0.3 is 15.6 Å². The van der Waals surface area contributed by atoms with Crippen LogP contribution in [0, 0.1) is 6.92 Å². The minimum absolute atomic E-state index is 0.0364. The number of aryl methyl sites for hydroxylation is 1. The molecule has 1 atom stereocenters. The molecule has 5 heteroatoms. The molecule has 1 rings (SSSR count). The second-order valence-corrected chi connectivity index (χ2v) is 5.03. The number of nitrogens with one attached hydrogen (secondary N) is 2. The summed E-state index contributed by atoms with van der Waals surface area (Å²) in [5.41, 5.74) is 4.98. The molecule has 0 heterocycles. The third-order valence-electron chi connectivity index (χ3n) is 3.44. The van der Waals surface area contributed by atoms with Crippen LogP contribution in [0.25, 0.3) is 0 Å². The van der Waals surface area contributed by atoms with Crippen LogP contribution >= 0.6 is 0 Å². The molecular formula is C15H26N4O. The lowest BCUT2D eigenvalue weighted by Gasteiger charge is -2.23. The average molecular weight is 278 g/mol. The molecule has 20 heavy (non-hydrogen) atoms. The third-order valence-corrected chi connectivity index (χ3v) is 3.44. The highest BCUT2D eigenvalue weighted by Gasteiger charge is 2.14. The fourth-order valence-corrected chi connectivity index (χ4v) is 2.22. The van der Waals surface area contributed by atoms with Crippen LogP contribution in [0.2, 0.25) is 0 Å². The van der Waals surface area contributed by atoms with Crippen LogP contribution in [-0.4, -0.2) is 36.5 Å². The molecule has 0 radical (unpaired) electrons. The Labute approximate surface area is 121 Å². The smallest absolute Gasteiger partial charge is 0.251 e. The SMILES string of the molecule is CCN(CC)CC(C)NC(=O)c1ccc(NN)cc1C. The van der Waals surface area contributed by atoms with Gasteiger partial charge in [0, 0.05) is 23.8 Å². The first kappa shape index (κ1) is 16.5. The number of amides is 1. The van der Waals surface area contributed by atoms with E-state index in [2.05, 4.69) is 29.5 Å². The summed E-state index contributed by atoms with van der Waals surface area (Å²) < 4.78 is 0. The molecule has 0 spiro atoms. The summed E-state index contributed by atoms with van der Waals surface area (Å²) in [6.07, 6.45) is 0. The van der Waals surface area contributed by atoms with Crippen molar-refractivity contribution in [3.63, 3.8) is 0 Å². The molecule has 0 fully saturated rings. The first-order chi connectivity index (χ1) is 9.51. The zero-order valence-corrected chi connectivity index (χ0v) is 12.9. The number of anilines is 1. The minimum atomic E-state index is -0.0364. The predicted molar refractivity (Wildman–Crippen MR) is 83.7 cm³/mol. The second-order valence-electron chi connectivity index (χ2n) is 5.03. The maximum absolute atomic E-state index is 12.3. The van der Waals surface area contributed by atoms with Crippen molar-refractivity contribution in [2.45, 2.75) is 33.7 Å². The van der Waals surface area contributed by atoms with Crippen LogP contribution in [0.5, 0.6) is 0 Å². The Balaban J connectivity index is 2.66. The normalized spacial score (nSPS) is 12.3. The average Bonchev–Trinajstić information content (AvgIpc) is 2.44. The van der Waals surface area contributed by atoms with Gasteiger partial charge in [-0.1, -0.05) is 13.8 Å². The van der Waals surface area contributed by atoms with Gasteiger partial charge in [0.05, 0.1) is 0 Å². The lowest BCUT2D eigenvalue weighted by molar-refractivity contribution is 0.0929. The number of carbonyl (C=O) groups excluding carboxylic acids is 1. The van der Waals surface area contributed by atoms with Crippen LogP contribution in [0.1, 0.15) is 36.7 Å². The number of carbonyl (C=O) groups is 1. The molecule has 1 unspecified atom stereocenters. The fourth-order valence-electron chi connectivity index (χ4n) is 2.22. The van der Waals surface area contributed by atoms with Crippen molar-refractivity contribution in [3.05, 3.63) is 29.3 Å². The van der Waals surface area contributed by atoms with Gasteiger partial charge in [-0.2, -0.15) is 0 Å². The molecule has 0 saturated heterocycles.